The highest BCUT2D eigenvalue weighted by atomic mass is 16.7. The molecule has 0 amide bonds. The van der Waals surface area contributed by atoms with Gasteiger partial charge in [-0.25, -0.2) is 4.79 Å². The van der Waals surface area contributed by atoms with Crippen molar-refractivity contribution in [2.24, 2.45) is 28.6 Å². The van der Waals surface area contributed by atoms with Gasteiger partial charge in [0.2, 0.25) is 0 Å². The maximum absolute atomic E-state index is 12.5. The molecular weight excluding hydrogens is 660 g/mol. The number of hydrogen-bond acceptors (Lipinski definition) is 15. The Morgan fingerprint density at radius 2 is 1.52 bits per heavy atom. The smallest absolute Gasteiger partial charge is 0.331 e. The van der Waals surface area contributed by atoms with E-state index in [1.54, 1.807) is 0 Å². The summed E-state index contributed by atoms with van der Waals surface area (Å²) in [6, 6.07) is 0. The summed E-state index contributed by atoms with van der Waals surface area (Å²) in [7, 11) is 0. The summed E-state index contributed by atoms with van der Waals surface area (Å²) in [5, 5.41) is 99.6. The summed E-state index contributed by atoms with van der Waals surface area (Å²) >= 11 is 0. The molecule has 0 aromatic carbocycles. The third kappa shape index (κ3) is 5.45. The van der Waals surface area contributed by atoms with E-state index >= 15 is 0 Å². The normalized spacial score (nSPS) is 56.6. The van der Waals surface area contributed by atoms with Crippen LogP contribution in [0, 0.1) is 28.6 Å². The Labute approximate surface area is 290 Å². The van der Waals surface area contributed by atoms with Crippen molar-refractivity contribution >= 4 is 5.97 Å². The van der Waals surface area contributed by atoms with Gasteiger partial charge in [-0.15, -0.1) is 0 Å². The van der Waals surface area contributed by atoms with E-state index in [0.29, 0.717) is 44.9 Å². The highest BCUT2D eigenvalue weighted by molar-refractivity contribution is 5.85. The second kappa shape index (κ2) is 12.9. The monoisotopic (exact) mass is 714 g/mol. The van der Waals surface area contributed by atoms with E-state index in [1.165, 1.54) is 13.0 Å². The Morgan fingerprint density at radius 3 is 2.20 bits per heavy atom. The Bertz CT molecular complexity index is 1330. The SMILES string of the molecule is CC1OC(OC2C(CO)OC(OC3CCC4(C)C5C(O)CC6(C)C(C7=CC(=O)OC7)CCC6(O)C5CCC4(O)C3)C(O)C2O)C(O)C(O)C1O. The highest BCUT2D eigenvalue weighted by Crippen LogP contribution is 2.70. The molecule has 15 nitrogen and oxygen atoms in total. The molecule has 0 aromatic rings. The molecule has 4 saturated carbocycles. The molecule has 50 heavy (non-hydrogen) atoms. The molecule has 4 aliphatic carbocycles. The van der Waals surface area contributed by atoms with Crippen molar-refractivity contribution in [2.45, 2.75) is 157 Å². The van der Waals surface area contributed by atoms with Gasteiger partial charge in [0.05, 0.1) is 36.1 Å². The largest absolute Gasteiger partial charge is 0.458 e. The lowest BCUT2D eigenvalue weighted by molar-refractivity contribution is -0.364. The summed E-state index contributed by atoms with van der Waals surface area (Å²) in [4.78, 5) is 11.9. The van der Waals surface area contributed by atoms with Gasteiger partial charge < -0.3 is 69.6 Å². The minimum atomic E-state index is -1.68. The first-order valence-electron chi connectivity index (χ1n) is 18.1. The molecule has 19 atom stereocenters. The Balaban J connectivity index is 1.03. The van der Waals surface area contributed by atoms with Gasteiger partial charge in [-0.05, 0) is 75.2 Å². The molecule has 284 valence electrons. The molecule has 0 spiro atoms. The van der Waals surface area contributed by atoms with Gasteiger partial charge in [0.15, 0.2) is 12.6 Å². The number of rotatable bonds is 6. The number of ether oxygens (including phenoxy) is 5. The maximum atomic E-state index is 12.5. The number of cyclic esters (lactones) is 1. The fraction of sp³-hybridized carbons (Fsp3) is 0.914. The number of fused-ring (bicyclic) bond motifs is 5. The van der Waals surface area contributed by atoms with E-state index in [-0.39, 0.29) is 30.8 Å². The minimum absolute atomic E-state index is 0.0966. The van der Waals surface area contributed by atoms with Crippen LogP contribution in [0.15, 0.2) is 11.6 Å². The Hall–Kier alpha value is -1.31. The van der Waals surface area contributed by atoms with Crippen LogP contribution in [0.1, 0.15) is 72.1 Å². The zero-order valence-corrected chi connectivity index (χ0v) is 28.8. The number of aliphatic hydroxyl groups is 9. The summed E-state index contributed by atoms with van der Waals surface area (Å²) in [6.45, 7) is 5.00. The zero-order chi connectivity index (χ0) is 36.1. The maximum Gasteiger partial charge on any atom is 0.331 e. The fourth-order valence-electron chi connectivity index (χ4n) is 11.4. The van der Waals surface area contributed by atoms with Crippen LogP contribution in [0.25, 0.3) is 0 Å². The van der Waals surface area contributed by atoms with Gasteiger partial charge in [-0.3, -0.25) is 0 Å². The Kier molecular flexibility index (Phi) is 9.57. The molecule has 9 N–H and O–H groups in total. The molecule has 7 aliphatic rings. The average molecular weight is 715 g/mol. The summed E-state index contributed by atoms with van der Waals surface area (Å²) in [5.74, 6) is -1.15. The fourth-order valence-corrected chi connectivity index (χ4v) is 11.4. The van der Waals surface area contributed by atoms with E-state index < -0.39 is 108 Å². The molecule has 6 fully saturated rings. The van der Waals surface area contributed by atoms with Crippen LogP contribution in [0.2, 0.25) is 0 Å². The molecule has 0 radical (unpaired) electrons. The first-order valence-corrected chi connectivity index (χ1v) is 18.1. The Morgan fingerprint density at radius 1 is 0.820 bits per heavy atom. The molecular formula is C35H54O15. The second-order valence-corrected chi connectivity index (χ2v) is 16.6. The van der Waals surface area contributed by atoms with Crippen LogP contribution < -0.4 is 0 Å². The molecule has 0 bridgehead atoms. The third-order valence-electron chi connectivity index (χ3n) is 14.3. The summed E-state index contributed by atoms with van der Waals surface area (Å²) < 4.78 is 28.4. The van der Waals surface area contributed by atoms with Crippen molar-refractivity contribution in [2.75, 3.05) is 13.2 Å². The standard InChI is InChI=1S/C35H54O15/c1-15-24(39)25(40)27(42)30(47-15)50-29-21(13-36)49-31(28(43)26(29)41)48-17-4-7-32(2)23-19(5-8-34(32,44)11-17)35(45)9-6-18(16-10-22(38)46-14-16)33(35,3)12-20(23)37/h10,15,17-21,23-31,36-37,39-45H,4-9,11-14H2,1-3H3. The topological polar surface area (TPSA) is 245 Å². The van der Waals surface area contributed by atoms with Crippen molar-refractivity contribution in [1.82, 2.24) is 0 Å². The molecule has 2 saturated heterocycles. The van der Waals surface area contributed by atoms with Crippen molar-refractivity contribution in [1.29, 1.82) is 0 Å². The number of carbonyl (C=O) groups excluding carboxylic acids is 1. The predicted molar refractivity (Wildman–Crippen MR) is 168 cm³/mol. The van der Waals surface area contributed by atoms with Crippen LogP contribution in [0.3, 0.4) is 0 Å². The van der Waals surface area contributed by atoms with Gasteiger partial charge in [-0.2, -0.15) is 0 Å². The molecule has 7 rings (SSSR count). The minimum Gasteiger partial charge on any atom is -0.458 e. The van der Waals surface area contributed by atoms with E-state index in [4.69, 9.17) is 23.7 Å². The number of aliphatic hydroxyl groups excluding tert-OH is 7. The van der Waals surface area contributed by atoms with E-state index in [1.807, 2.05) is 13.8 Å². The highest BCUT2D eigenvalue weighted by Gasteiger charge is 2.72. The van der Waals surface area contributed by atoms with E-state index in [0.717, 1.165) is 5.57 Å². The lowest BCUT2D eigenvalue weighted by Gasteiger charge is -2.67. The van der Waals surface area contributed by atoms with Crippen LogP contribution in [-0.2, 0) is 28.5 Å². The van der Waals surface area contributed by atoms with Crippen molar-refractivity contribution in [3.8, 4) is 0 Å². The number of hydrogen-bond donors (Lipinski definition) is 9. The van der Waals surface area contributed by atoms with Gasteiger partial charge in [0, 0.05) is 23.3 Å². The van der Waals surface area contributed by atoms with Gasteiger partial charge in [0.1, 0.15) is 49.3 Å². The van der Waals surface area contributed by atoms with E-state index in [9.17, 15) is 50.8 Å². The van der Waals surface area contributed by atoms with E-state index in [2.05, 4.69) is 0 Å². The molecule has 15 heteroatoms. The molecule has 3 aliphatic heterocycles. The lowest BCUT2D eigenvalue weighted by Crippen LogP contribution is -2.71. The van der Waals surface area contributed by atoms with Crippen LogP contribution in [0.4, 0.5) is 0 Å². The molecule has 19 unspecified atom stereocenters. The molecule has 0 aromatic heterocycles. The van der Waals surface area contributed by atoms with Crippen molar-refractivity contribution < 1.29 is 74.4 Å². The predicted octanol–water partition coefficient (Wildman–Crippen LogP) is -1.63. The van der Waals surface area contributed by atoms with Crippen molar-refractivity contribution in [3.05, 3.63) is 11.6 Å². The molecule has 3 heterocycles. The first-order chi connectivity index (χ1) is 23.5. The number of carbonyl (C=O) groups is 1. The number of esters is 1. The quantitative estimate of drug-likeness (QED) is 0.111. The second-order valence-electron chi connectivity index (χ2n) is 16.6. The van der Waals surface area contributed by atoms with Crippen LogP contribution >= 0.6 is 0 Å². The van der Waals surface area contributed by atoms with Crippen LogP contribution in [0.5, 0.6) is 0 Å². The summed E-state index contributed by atoms with van der Waals surface area (Å²) in [5.41, 5.74) is -2.97. The lowest BCUT2D eigenvalue weighted by atomic mass is 9.41. The van der Waals surface area contributed by atoms with Gasteiger partial charge >= 0.3 is 5.97 Å². The average Bonchev–Trinajstić information content (AvgIpc) is 3.61. The summed E-state index contributed by atoms with van der Waals surface area (Å²) in [6.07, 6.45) is -11.0. The van der Waals surface area contributed by atoms with Crippen LogP contribution in [-0.4, -0.2) is 150 Å². The zero-order valence-electron chi connectivity index (χ0n) is 28.8. The van der Waals surface area contributed by atoms with Gasteiger partial charge in [0.25, 0.3) is 0 Å². The first kappa shape index (κ1) is 37.0. The van der Waals surface area contributed by atoms with Gasteiger partial charge in [-0.1, -0.05) is 13.8 Å². The third-order valence-corrected chi connectivity index (χ3v) is 14.3. The van der Waals surface area contributed by atoms with Crippen molar-refractivity contribution in [3.63, 3.8) is 0 Å².